The van der Waals surface area contributed by atoms with Gasteiger partial charge in [-0.1, -0.05) is 6.08 Å². The summed E-state index contributed by atoms with van der Waals surface area (Å²) in [5.41, 5.74) is -0.770. The van der Waals surface area contributed by atoms with Crippen molar-refractivity contribution in [2.24, 2.45) is 0 Å². The molecule has 0 aromatic rings. The molecule has 15 heavy (non-hydrogen) atoms. The standard InChI is InChI=1S/C11H19NO3/c1-5-6-11(7-14-8-11)12-9(13)15-10(2,3)4/h5H,1,6-8H2,2-4H3,(H,12,13). The van der Waals surface area contributed by atoms with Gasteiger partial charge >= 0.3 is 6.09 Å². The summed E-state index contributed by atoms with van der Waals surface area (Å²) >= 11 is 0. The average Bonchev–Trinajstić information content (AvgIpc) is 1.96. The van der Waals surface area contributed by atoms with Crippen molar-refractivity contribution in [2.45, 2.75) is 38.3 Å². The molecular formula is C11H19NO3. The fourth-order valence-corrected chi connectivity index (χ4v) is 1.39. The normalized spacial score (nSPS) is 18.9. The first kappa shape index (κ1) is 12.0. The fourth-order valence-electron chi connectivity index (χ4n) is 1.39. The summed E-state index contributed by atoms with van der Waals surface area (Å²) in [5, 5.41) is 2.83. The Labute approximate surface area is 90.6 Å². The molecule has 4 heteroatoms. The van der Waals surface area contributed by atoms with E-state index in [0.717, 1.165) is 0 Å². The predicted octanol–water partition coefficient (Wildman–Crippen LogP) is 1.86. The first-order valence-corrected chi connectivity index (χ1v) is 5.07. The second-order valence-corrected chi connectivity index (χ2v) is 4.89. The lowest BCUT2D eigenvalue weighted by Crippen LogP contribution is -2.62. The number of rotatable bonds is 3. The molecule has 1 rings (SSSR count). The van der Waals surface area contributed by atoms with Crippen LogP contribution in [0.5, 0.6) is 0 Å². The summed E-state index contributed by atoms with van der Waals surface area (Å²) in [7, 11) is 0. The zero-order valence-corrected chi connectivity index (χ0v) is 9.63. The van der Waals surface area contributed by atoms with Crippen molar-refractivity contribution in [2.75, 3.05) is 13.2 Å². The van der Waals surface area contributed by atoms with E-state index in [0.29, 0.717) is 19.6 Å². The van der Waals surface area contributed by atoms with Crippen LogP contribution < -0.4 is 5.32 Å². The van der Waals surface area contributed by atoms with Crippen molar-refractivity contribution in [3.8, 4) is 0 Å². The largest absolute Gasteiger partial charge is 0.444 e. The maximum absolute atomic E-state index is 11.5. The molecule has 0 unspecified atom stereocenters. The van der Waals surface area contributed by atoms with Gasteiger partial charge in [0.1, 0.15) is 5.60 Å². The fraction of sp³-hybridized carbons (Fsp3) is 0.727. The van der Waals surface area contributed by atoms with Crippen LogP contribution in [0.3, 0.4) is 0 Å². The molecule has 0 aromatic carbocycles. The molecule has 1 saturated heterocycles. The Kier molecular flexibility index (Phi) is 3.39. The lowest BCUT2D eigenvalue weighted by atomic mass is 9.93. The number of hydrogen-bond donors (Lipinski definition) is 1. The number of ether oxygens (including phenoxy) is 2. The van der Waals surface area contributed by atoms with E-state index < -0.39 is 11.7 Å². The van der Waals surface area contributed by atoms with Gasteiger partial charge in [0.2, 0.25) is 0 Å². The van der Waals surface area contributed by atoms with Gasteiger partial charge in [-0.3, -0.25) is 0 Å². The number of amides is 1. The van der Waals surface area contributed by atoms with Crippen molar-refractivity contribution in [1.82, 2.24) is 5.32 Å². The number of alkyl carbamates (subject to hydrolysis) is 1. The van der Waals surface area contributed by atoms with Crippen LogP contribution in [-0.4, -0.2) is 30.4 Å². The smallest absolute Gasteiger partial charge is 0.408 e. The molecule has 1 amide bonds. The molecular weight excluding hydrogens is 194 g/mol. The second kappa shape index (κ2) is 4.23. The van der Waals surface area contributed by atoms with Gasteiger partial charge in [0.25, 0.3) is 0 Å². The minimum absolute atomic E-state index is 0.302. The summed E-state index contributed by atoms with van der Waals surface area (Å²) in [5.74, 6) is 0. The highest BCUT2D eigenvalue weighted by Gasteiger charge is 2.39. The van der Waals surface area contributed by atoms with Gasteiger partial charge < -0.3 is 14.8 Å². The minimum atomic E-state index is -0.468. The lowest BCUT2D eigenvalue weighted by Gasteiger charge is -2.41. The molecule has 0 atom stereocenters. The van der Waals surface area contributed by atoms with E-state index in [1.807, 2.05) is 20.8 Å². The molecule has 86 valence electrons. The maximum Gasteiger partial charge on any atom is 0.408 e. The number of nitrogens with one attached hydrogen (secondary N) is 1. The summed E-state index contributed by atoms with van der Waals surface area (Å²) < 4.78 is 10.3. The van der Waals surface area contributed by atoms with Crippen LogP contribution in [0.2, 0.25) is 0 Å². The first-order chi connectivity index (χ1) is 6.87. The van der Waals surface area contributed by atoms with E-state index in [4.69, 9.17) is 9.47 Å². The van der Waals surface area contributed by atoms with E-state index >= 15 is 0 Å². The Morgan fingerprint density at radius 2 is 2.20 bits per heavy atom. The van der Waals surface area contributed by atoms with Crippen molar-refractivity contribution in [1.29, 1.82) is 0 Å². The monoisotopic (exact) mass is 213 g/mol. The average molecular weight is 213 g/mol. The van der Waals surface area contributed by atoms with E-state index in [1.54, 1.807) is 6.08 Å². The Morgan fingerprint density at radius 1 is 1.60 bits per heavy atom. The molecule has 1 aliphatic rings. The number of carbonyl (C=O) groups is 1. The highest BCUT2D eigenvalue weighted by atomic mass is 16.6. The van der Waals surface area contributed by atoms with Crippen molar-refractivity contribution in [3.63, 3.8) is 0 Å². The quantitative estimate of drug-likeness (QED) is 0.728. The maximum atomic E-state index is 11.5. The molecule has 0 aromatic heterocycles. The molecule has 1 N–H and O–H groups in total. The molecule has 4 nitrogen and oxygen atoms in total. The van der Waals surface area contributed by atoms with Gasteiger partial charge in [0, 0.05) is 0 Å². The predicted molar refractivity (Wildman–Crippen MR) is 57.7 cm³/mol. The van der Waals surface area contributed by atoms with Crippen molar-refractivity contribution < 1.29 is 14.3 Å². The zero-order valence-electron chi connectivity index (χ0n) is 9.63. The lowest BCUT2D eigenvalue weighted by molar-refractivity contribution is -0.0740. The van der Waals surface area contributed by atoms with Crippen LogP contribution in [0.1, 0.15) is 27.2 Å². The third-order valence-corrected chi connectivity index (χ3v) is 2.06. The van der Waals surface area contributed by atoms with Gasteiger partial charge in [0.15, 0.2) is 0 Å². The highest BCUT2D eigenvalue weighted by Crippen LogP contribution is 2.22. The SMILES string of the molecule is C=CCC1(NC(=O)OC(C)(C)C)COC1. The number of carbonyl (C=O) groups excluding carboxylic acids is 1. The topological polar surface area (TPSA) is 47.6 Å². The number of hydrogen-bond acceptors (Lipinski definition) is 3. The van der Waals surface area contributed by atoms with Crippen LogP contribution in [0, 0.1) is 0 Å². The molecule has 0 aliphatic carbocycles. The molecule has 1 aliphatic heterocycles. The van der Waals surface area contributed by atoms with Gasteiger partial charge in [0.05, 0.1) is 18.8 Å². The zero-order chi connectivity index (χ0) is 11.5. The summed E-state index contributed by atoms with van der Waals surface area (Å²) in [6.45, 7) is 10.2. The Hall–Kier alpha value is -1.03. The van der Waals surface area contributed by atoms with E-state index in [-0.39, 0.29) is 5.54 Å². The molecule has 0 bridgehead atoms. The molecule has 1 fully saturated rings. The van der Waals surface area contributed by atoms with Crippen LogP contribution in [0.4, 0.5) is 4.79 Å². The van der Waals surface area contributed by atoms with E-state index in [9.17, 15) is 4.79 Å². The van der Waals surface area contributed by atoms with Gasteiger partial charge in [-0.05, 0) is 27.2 Å². The first-order valence-electron chi connectivity index (χ1n) is 5.07. The van der Waals surface area contributed by atoms with Gasteiger partial charge in [-0.2, -0.15) is 0 Å². The summed E-state index contributed by atoms with van der Waals surface area (Å²) in [4.78, 5) is 11.5. The summed E-state index contributed by atoms with van der Waals surface area (Å²) in [6, 6.07) is 0. The van der Waals surface area contributed by atoms with Crippen LogP contribution in [0.25, 0.3) is 0 Å². The Balaban J connectivity index is 2.45. The molecule has 1 heterocycles. The van der Waals surface area contributed by atoms with E-state index in [1.165, 1.54) is 0 Å². The van der Waals surface area contributed by atoms with Crippen LogP contribution in [-0.2, 0) is 9.47 Å². The van der Waals surface area contributed by atoms with Crippen molar-refractivity contribution >= 4 is 6.09 Å². The molecule has 0 saturated carbocycles. The van der Waals surface area contributed by atoms with Crippen LogP contribution >= 0.6 is 0 Å². The molecule has 0 radical (unpaired) electrons. The van der Waals surface area contributed by atoms with Gasteiger partial charge in [-0.25, -0.2) is 4.79 Å². The van der Waals surface area contributed by atoms with E-state index in [2.05, 4.69) is 11.9 Å². The second-order valence-electron chi connectivity index (χ2n) is 4.89. The Bertz CT molecular complexity index is 251. The third kappa shape index (κ3) is 3.55. The Morgan fingerprint density at radius 3 is 2.53 bits per heavy atom. The van der Waals surface area contributed by atoms with Gasteiger partial charge in [-0.15, -0.1) is 6.58 Å². The summed E-state index contributed by atoms with van der Waals surface area (Å²) in [6.07, 6.45) is 2.08. The van der Waals surface area contributed by atoms with Crippen LogP contribution in [0.15, 0.2) is 12.7 Å². The van der Waals surface area contributed by atoms with Crippen molar-refractivity contribution in [3.05, 3.63) is 12.7 Å². The molecule has 0 spiro atoms. The third-order valence-electron chi connectivity index (χ3n) is 2.06. The minimum Gasteiger partial charge on any atom is -0.444 e. The highest BCUT2D eigenvalue weighted by molar-refractivity contribution is 5.69.